The maximum atomic E-state index is 11.4. The van der Waals surface area contributed by atoms with Crippen molar-refractivity contribution < 1.29 is 14.3 Å². The number of carbonyl (C=O) groups excluding carboxylic acids is 1. The quantitative estimate of drug-likeness (QED) is 0.748. The van der Waals surface area contributed by atoms with Crippen molar-refractivity contribution in [3.8, 4) is 5.75 Å². The lowest BCUT2D eigenvalue weighted by molar-refractivity contribution is 0.134. The zero-order chi connectivity index (χ0) is 11.1. The summed E-state index contributed by atoms with van der Waals surface area (Å²) >= 11 is 0. The molecule has 0 aliphatic heterocycles. The van der Waals surface area contributed by atoms with Gasteiger partial charge >= 0.3 is 6.09 Å². The number of rotatable bonds is 4. The van der Waals surface area contributed by atoms with Crippen molar-refractivity contribution in [1.29, 1.82) is 0 Å². The molecule has 0 bridgehead atoms. The highest BCUT2D eigenvalue weighted by atomic mass is 16.6. The molecule has 1 amide bonds. The third-order valence-electron chi connectivity index (χ3n) is 1.78. The molecule has 0 aliphatic rings. The minimum Gasteiger partial charge on any atom is -0.409 e. The minimum absolute atomic E-state index is 0.417. The number of hydrogen-bond donors (Lipinski definition) is 0. The van der Waals surface area contributed by atoms with E-state index >= 15 is 0 Å². The van der Waals surface area contributed by atoms with Crippen molar-refractivity contribution >= 4 is 6.09 Å². The molecular weight excluding hydrogens is 196 g/mol. The van der Waals surface area contributed by atoms with E-state index in [0.717, 1.165) is 0 Å². The highest BCUT2D eigenvalue weighted by molar-refractivity contribution is 5.70. The number of methoxy groups -OCH3 is 1. The summed E-state index contributed by atoms with van der Waals surface area (Å²) in [5.41, 5.74) is 0. The summed E-state index contributed by atoms with van der Waals surface area (Å²) in [7, 11) is 3.23. The molecule has 0 saturated heterocycles. The van der Waals surface area contributed by atoms with Crippen LogP contribution in [0.1, 0.15) is 0 Å². The van der Waals surface area contributed by atoms with Gasteiger partial charge in [-0.15, -0.1) is 0 Å². The van der Waals surface area contributed by atoms with Crippen LogP contribution in [-0.4, -0.2) is 43.3 Å². The van der Waals surface area contributed by atoms with Crippen LogP contribution >= 0.6 is 0 Å². The summed E-state index contributed by atoms with van der Waals surface area (Å²) in [4.78, 5) is 16.7. The molecule has 0 fully saturated rings. The molecule has 0 N–H and O–H groups in total. The molecule has 1 rings (SSSR count). The van der Waals surface area contributed by atoms with Crippen LogP contribution in [0.25, 0.3) is 0 Å². The second kappa shape index (κ2) is 5.98. The molecule has 0 atom stereocenters. The molecule has 0 unspecified atom stereocenters. The van der Waals surface area contributed by atoms with Crippen LogP contribution in [0.4, 0.5) is 4.79 Å². The number of amides is 1. The lowest BCUT2D eigenvalue weighted by atomic mass is 10.5. The molecule has 0 radical (unpaired) electrons. The Bertz CT molecular complexity index is 303. The monoisotopic (exact) mass is 210 g/mol. The average Bonchev–Trinajstić information content (AvgIpc) is 2.27. The van der Waals surface area contributed by atoms with Crippen LogP contribution in [0.2, 0.25) is 0 Å². The second-order valence-corrected chi connectivity index (χ2v) is 2.97. The molecule has 1 aromatic rings. The topological polar surface area (TPSA) is 51.7 Å². The summed E-state index contributed by atoms with van der Waals surface area (Å²) in [5, 5.41) is 0. The van der Waals surface area contributed by atoms with E-state index in [1.165, 1.54) is 11.1 Å². The average molecular weight is 210 g/mol. The minimum atomic E-state index is -0.417. The molecule has 0 aromatic carbocycles. The second-order valence-electron chi connectivity index (χ2n) is 2.97. The first-order valence-electron chi connectivity index (χ1n) is 4.56. The van der Waals surface area contributed by atoms with E-state index in [0.29, 0.717) is 18.9 Å². The summed E-state index contributed by atoms with van der Waals surface area (Å²) in [6.07, 6.45) is 2.69. The van der Waals surface area contributed by atoms with E-state index in [9.17, 15) is 4.79 Å². The van der Waals surface area contributed by atoms with Gasteiger partial charge < -0.3 is 14.4 Å². The van der Waals surface area contributed by atoms with Crippen molar-refractivity contribution in [2.45, 2.75) is 0 Å². The first-order chi connectivity index (χ1) is 7.24. The normalized spacial score (nSPS) is 9.73. The van der Waals surface area contributed by atoms with Gasteiger partial charge in [-0.3, -0.25) is 4.98 Å². The fourth-order valence-corrected chi connectivity index (χ4v) is 0.906. The van der Waals surface area contributed by atoms with Gasteiger partial charge in [-0.1, -0.05) is 0 Å². The number of likely N-dealkylation sites (N-methyl/N-ethyl adjacent to an activating group) is 1. The highest BCUT2D eigenvalue weighted by Gasteiger charge is 2.10. The number of hydrogen-bond acceptors (Lipinski definition) is 4. The highest BCUT2D eigenvalue weighted by Crippen LogP contribution is 2.07. The van der Waals surface area contributed by atoms with Crippen molar-refractivity contribution in [2.24, 2.45) is 0 Å². The maximum absolute atomic E-state index is 11.4. The van der Waals surface area contributed by atoms with E-state index in [-0.39, 0.29) is 0 Å². The summed E-state index contributed by atoms with van der Waals surface area (Å²) in [5.74, 6) is 0.437. The molecule has 5 nitrogen and oxygen atoms in total. The van der Waals surface area contributed by atoms with Gasteiger partial charge in [0.2, 0.25) is 0 Å². The Morgan fingerprint density at radius 3 is 3.00 bits per heavy atom. The Labute approximate surface area is 88.6 Å². The largest absolute Gasteiger partial charge is 0.415 e. The van der Waals surface area contributed by atoms with Crippen molar-refractivity contribution in [3.05, 3.63) is 24.5 Å². The van der Waals surface area contributed by atoms with Crippen molar-refractivity contribution in [1.82, 2.24) is 9.88 Å². The van der Waals surface area contributed by atoms with E-state index in [1.54, 1.807) is 32.5 Å². The fraction of sp³-hybridized carbons (Fsp3) is 0.400. The van der Waals surface area contributed by atoms with Crippen LogP contribution in [0.15, 0.2) is 24.5 Å². The van der Waals surface area contributed by atoms with Crippen LogP contribution < -0.4 is 4.74 Å². The third-order valence-corrected chi connectivity index (χ3v) is 1.78. The first-order valence-corrected chi connectivity index (χ1v) is 4.56. The zero-order valence-corrected chi connectivity index (χ0v) is 8.84. The number of ether oxygens (including phenoxy) is 2. The van der Waals surface area contributed by atoms with Crippen LogP contribution in [-0.2, 0) is 4.74 Å². The number of aromatic nitrogens is 1. The van der Waals surface area contributed by atoms with Crippen molar-refractivity contribution in [2.75, 3.05) is 27.3 Å². The standard InChI is InChI=1S/C10H14N2O3/c1-12(6-7-14-2)10(13)15-9-4-3-5-11-8-9/h3-5,8H,6-7H2,1-2H3. The van der Waals surface area contributed by atoms with Crippen molar-refractivity contribution in [3.63, 3.8) is 0 Å². The maximum Gasteiger partial charge on any atom is 0.415 e. The van der Waals surface area contributed by atoms with Gasteiger partial charge in [0.15, 0.2) is 5.75 Å². The van der Waals surface area contributed by atoms with E-state index in [1.807, 2.05) is 0 Å². The molecule has 15 heavy (non-hydrogen) atoms. The summed E-state index contributed by atoms with van der Waals surface area (Å²) < 4.78 is 9.89. The molecule has 0 spiro atoms. The predicted octanol–water partition coefficient (Wildman–Crippen LogP) is 1.16. The Balaban J connectivity index is 2.42. The smallest absolute Gasteiger partial charge is 0.409 e. The Kier molecular flexibility index (Phi) is 4.56. The number of nitrogens with zero attached hydrogens (tertiary/aromatic N) is 2. The lowest BCUT2D eigenvalue weighted by Crippen LogP contribution is -2.32. The molecule has 0 saturated carbocycles. The van der Waals surface area contributed by atoms with Crippen LogP contribution in [0.5, 0.6) is 5.75 Å². The molecule has 1 aromatic heterocycles. The Hall–Kier alpha value is -1.62. The van der Waals surface area contributed by atoms with Gasteiger partial charge in [-0.05, 0) is 12.1 Å². The van der Waals surface area contributed by atoms with Crippen LogP contribution in [0, 0.1) is 0 Å². The van der Waals surface area contributed by atoms with Gasteiger partial charge in [-0.25, -0.2) is 4.79 Å². The summed E-state index contributed by atoms with van der Waals surface area (Å²) in [6, 6.07) is 3.38. The zero-order valence-electron chi connectivity index (χ0n) is 8.84. The van der Waals surface area contributed by atoms with Gasteiger partial charge in [0.25, 0.3) is 0 Å². The molecule has 82 valence electrons. The van der Waals surface area contributed by atoms with Gasteiger partial charge in [-0.2, -0.15) is 0 Å². The van der Waals surface area contributed by atoms with E-state index in [4.69, 9.17) is 9.47 Å². The van der Waals surface area contributed by atoms with Gasteiger partial charge in [0, 0.05) is 26.9 Å². The SMILES string of the molecule is COCCN(C)C(=O)Oc1cccnc1. The Morgan fingerprint density at radius 2 is 2.40 bits per heavy atom. The summed E-state index contributed by atoms with van der Waals surface area (Å²) in [6.45, 7) is 0.980. The number of pyridine rings is 1. The predicted molar refractivity (Wildman–Crippen MR) is 54.8 cm³/mol. The van der Waals surface area contributed by atoms with Gasteiger partial charge in [0.1, 0.15) is 0 Å². The lowest BCUT2D eigenvalue weighted by Gasteiger charge is -2.15. The first kappa shape index (κ1) is 11.5. The van der Waals surface area contributed by atoms with E-state index in [2.05, 4.69) is 4.98 Å². The van der Waals surface area contributed by atoms with Crippen LogP contribution in [0.3, 0.4) is 0 Å². The molecular formula is C10H14N2O3. The van der Waals surface area contributed by atoms with Gasteiger partial charge in [0.05, 0.1) is 12.8 Å². The molecule has 1 heterocycles. The fourth-order valence-electron chi connectivity index (χ4n) is 0.906. The Morgan fingerprint density at radius 1 is 1.60 bits per heavy atom. The third kappa shape index (κ3) is 3.95. The van der Waals surface area contributed by atoms with E-state index < -0.39 is 6.09 Å². The number of carbonyl (C=O) groups is 1. The molecule has 0 aliphatic carbocycles. The molecule has 5 heteroatoms.